The Kier molecular flexibility index (Phi) is 4.54. The van der Waals surface area contributed by atoms with E-state index in [1.165, 1.54) is 0 Å². The molecule has 0 aromatic rings. The van der Waals surface area contributed by atoms with Crippen LogP contribution in [0.4, 0.5) is 0 Å². The minimum Gasteiger partial charge on any atom is -0.465 e. The van der Waals surface area contributed by atoms with Gasteiger partial charge in [-0.2, -0.15) is 0 Å². The van der Waals surface area contributed by atoms with Crippen molar-refractivity contribution in [3.05, 3.63) is 12.2 Å². The third kappa shape index (κ3) is 3.02. The second-order valence-corrected chi connectivity index (χ2v) is 2.57. The molecular weight excluding hydrogens is 158 g/mol. The van der Waals surface area contributed by atoms with Gasteiger partial charge in [-0.15, -0.1) is 0 Å². The zero-order valence-corrected chi connectivity index (χ0v) is 7.41. The molecule has 0 spiro atoms. The minimum absolute atomic E-state index is 0.259. The summed E-state index contributed by atoms with van der Waals surface area (Å²) in [4.78, 5) is 10.9. The van der Waals surface area contributed by atoms with Crippen molar-refractivity contribution >= 4 is 5.97 Å². The monoisotopic (exact) mass is 173 g/mol. The highest BCUT2D eigenvalue weighted by molar-refractivity contribution is 5.76. The van der Waals surface area contributed by atoms with E-state index >= 15 is 0 Å². The molecule has 0 aromatic heterocycles. The van der Waals surface area contributed by atoms with Crippen LogP contribution in [-0.2, 0) is 9.53 Å². The molecule has 4 heteroatoms. The number of carbonyl (C=O) groups excluding carboxylic acids is 1. The third-order valence-electron chi connectivity index (χ3n) is 1.40. The lowest BCUT2D eigenvalue weighted by Gasteiger charge is -2.16. The normalized spacial score (nSPS) is 15.0. The molecule has 12 heavy (non-hydrogen) atoms. The maximum Gasteiger partial charge on any atom is 0.325 e. The molecule has 0 saturated heterocycles. The molecule has 0 bridgehead atoms. The van der Waals surface area contributed by atoms with Gasteiger partial charge >= 0.3 is 5.97 Å². The van der Waals surface area contributed by atoms with Crippen molar-refractivity contribution in [2.45, 2.75) is 26.0 Å². The lowest BCUT2D eigenvalue weighted by molar-refractivity contribution is -0.146. The van der Waals surface area contributed by atoms with Gasteiger partial charge in [0.1, 0.15) is 12.1 Å². The Bertz CT molecular complexity index is 179. The van der Waals surface area contributed by atoms with Gasteiger partial charge < -0.3 is 15.6 Å². The zero-order chi connectivity index (χ0) is 9.72. The average molecular weight is 173 g/mol. The Balaban J connectivity index is 4.09. The van der Waals surface area contributed by atoms with Gasteiger partial charge in [0.25, 0.3) is 0 Å². The molecule has 0 radical (unpaired) electrons. The van der Waals surface area contributed by atoms with Gasteiger partial charge in [0, 0.05) is 0 Å². The molecule has 2 unspecified atom stereocenters. The van der Waals surface area contributed by atoms with Crippen LogP contribution in [0.25, 0.3) is 0 Å². The summed E-state index contributed by atoms with van der Waals surface area (Å²) in [6.45, 7) is 7.02. The molecule has 0 aromatic carbocycles. The fourth-order valence-electron chi connectivity index (χ4n) is 0.674. The summed E-state index contributed by atoms with van der Waals surface area (Å²) in [7, 11) is 0. The first-order valence-electron chi connectivity index (χ1n) is 3.76. The summed E-state index contributed by atoms with van der Waals surface area (Å²) in [6.07, 6.45) is -1.02. The van der Waals surface area contributed by atoms with E-state index in [4.69, 9.17) is 5.73 Å². The van der Waals surface area contributed by atoms with Crippen LogP contribution < -0.4 is 5.73 Å². The summed E-state index contributed by atoms with van der Waals surface area (Å²) >= 11 is 0. The summed E-state index contributed by atoms with van der Waals surface area (Å²) in [6, 6.07) is -1.03. The van der Waals surface area contributed by atoms with Gasteiger partial charge in [0.05, 0.1) is 6.61 Å². The lowest BCUT2D eigenvalue weighted by atomic mass is 10.1. The molecule has 0 aliphatic heterocycles. The number of esters is 1. The Morgan fingerprint density at radius 1 is 1.75 bits per heavy atom. The summed E-state index contributed by atoms with van der Waals surface area (Å²) in [5.41, 5.74) is 5.82. The smallest absolute Gasteiger partial charge is 0.325 e. The van der Waals surface area contributed by atoms with Gasteiger partial charge in [0.2, 0.25) is 0 Å². The topological polar surface area (TPSA) is 72.5 Å². The molecule has 0 fully saturated rings. The van der Waals surface area contributed by atoms with Crippen molar-refractivity contribution in [3.63, 3.8) is 0 Å². The Labute approximate surface area is 72.0 Å². The molecule has 70 valence electrons. The molecule has 0 saturated carbocycles. The number of aliphatic hydroxyl groups is 1. The van der Waals surface area contributed by atoms with Crippen LogP contribution in [0.3, 0.4) is 0 Å². The number of carbonyl (C=O) groups is 1. The molecule has 2 atom stereocenters. The predicted octanol–water partition coefficient (Wildman–Crippen LogP) is -0.186. The first kappa shape index (κ1) is 11.1. The van der Waals surface area contributed by atoms with E-state index in [1.807, 2.05) is 0 Å². The Morgan fingerprint density at radius 3 is 2.58 bits per heavy atom. The fourth-order valence-corrected chi connectivity index (χ4v) is 0.674. The highest BCUT2D eigenvalue weighted by Gasteiger charge is 2.23. The van der Waals surface area contributed by atoms with Crippen molar-refractivity contribution in [2.75, 3.05) is 6.61 Å². The van der Waals surface area contributed by atoms with Gasteiger partial charge in [-0.1, -0.05) is 12.2 Å². The van der Waals surface area contributed by atoms with Crippen LogP contribution in [-0.4, -0.2) is 29.8 Å². The van der Waals surface area contributed by atoms with E-state index in [-0.39, 0.29) is 6.61 Å². The maximum absolute atomic E-state index is 10.9. The van der Waals surface area contributed by atoms with E-state index < -0.39 is 18.1 Å². The highest BCUT2D eigenvalue weighted by atomic mass is 16.5. The highest BCUT2D eigenvalue weighted by Crippen LogP contribution is 2.02. The zero-order valence-electron chi connectivity index (χ0n) is 7.41. The van der Waals surface area contributed by atoms with Crippen molar-refractivity contribution in [1.82, 2.24) is 0 Å². The average Bonchev–Trinajstić information content (AvgIpc) is 2.02. The largest absolute Gasteiger partial charge is 0.465 e. The van der Waals surface area contributed by atoms with E-state index in [1.54, 1.807) is 13.8 Å². The molecule has 0 rings (SSSR count). The summed E-state index contributed by atoms with van der Waals surface area (Å²) < 4.78 is 4.61. The third-order valence-corrected chi connectivity index (χ3v) is 1.40. The first-order valence-corrected chi connectivity index (χ1v) is 3.76. The van der Waals surface area contributed by atoms with E-state index in [9.17, 15) is 9.90 Å². The number of aliphatic hydroxyl groups excluding tert-OH is 1. The molecular formula is C8H15NO3. The fraction of sp³-hybridized carbons (Fsp3) is 0.625. The lowest BCUT2D eigenvalue weighted by Crippen LogP contribution is -2.43. The SMILES string of the molecule is C=C(C)C(O)C(N)C(=O)OCC. The van der Waals surface area contributed by atoms with E-state index in [0.29, 0.717) is 5.57 Å². The number of nitrogens with two attached hydrogens (primary N) is 1. The van der Waals surface area contributed by atoms with Gasteiger partial charge in [-0.3, -0.25) is 4.79 Å². The van der Waals surface area contributed by atoms with Crippen LogP contribution in [0.2, 0.25) is 0 Å². The molecule has 0 aliphatic carbocycles. The van der Waals surface area contributed by atoms with Crippen molar-refractivity contribution in [1.29, 1.82) is 0 Å². The standard InChI is InChI=1S/C8H15NO3/c1-4-12-8(11)6(9)7(10)5(2)3/h6-7,10H,2,4,9H2,1,3H3. The molecule has 0 amide bonds. The maximum atomic E-state index is 10.9. The first-order chi connectivity index (χ1) is 5.50. The van der Waals surface area contributed by atoms with Crippen molar-refractivity contribution in [3.8, 4) is 0 Å². The number of hydrogen-bond donors (Lipinski definition) is 2. The van der Waals surface area contributed by atoms with Crippen molar-refractivity contribution < 1.29 is 14.6 Å². The number of hydrogen-bond acceptors (Lipinski definition) is 4. The quantitative estimate of drug-likeness (QED) is 0.456. The molecule has 0 aliphatic rings. The van der Waals surface area contributed by atoms with Gasteiger partial charge in [-0.05, 0) is 13.8 Å². The Morgan fingerprint density at radius 2 is 2.25 bits per heavy atom. The molecule has 4 nitrogen and oxygen atoms in total. The van der Waals surface area contributed by atoms with Gasteiger partial charge in [-0.25, -0.2) is 0 Å². The molecule has 3 N–H and O–H groups in total. The minimum atomic E-state index is -1.03. The second-order valence-electron chi connectivity index (χ2n) is 2.57. The van der Waals surface area contributed by atoms with Crippen LogP contribution in [0.5, 0.6) is 0 Å². The number of rotatable bonds is 4. The van der Waals surface area contributed by atoms with E-state index in [0.717, 1.165) is 0 Å². The van der Waals surface area contributed by atoms with Crippen LogP contribution in [0.1, 0.15) is 13.8 Å². The summed E-state index contributed by atoms with van der Waals surface area (Å²) in [5, 5.41) is 9.27. The second kappa shape index (κ2) is 4.90. The predicted molar refractivity (Wildman–Crippen MR) is 45.4 cm³/mol. The van der Waals surface area contributed by atoms with Crippen molar-refractivity contribution in [2.24, 2.45) is 5.73 Å². The van der Waals surface area contributed by atoms with Crippen LogP contribution in [0, 0.1) is 0 Å². The van der Waals surface area contributed by atoms with Gasteiger partial charge in [0.15, 0.2) is 0 Å². The van der Waals surface area contributed by atoms with E-state index in [2.05, 4.69) is 11.3 Å². The Hall–Kier alpha value is -0.870. The number of ether oxygens (including phenoxy) is 1. The van der Waals surface area contributed by atoms with Crippen LogP contribution in [0.15, 0.2) is 12.2 Å². The molecule has 0 heterocycles. The van der Waals surface area contributed by atoms with Crippen LogP contribution >= 0.6 is 0 Å². The summed E-state index contributed by atoms with van der Waals surface area (Å²) in [5.74, 6) is -0.604.